The number of aromatic amines is 1. The molecular weight excluding hydrogens is 338 g/mol. The van der Waals surface area contributed by atoms with Gasteiger partial charge in [-0.3, -0.25) is 4.79 Å². The molecule has 3 aromatic rings. The molecule has 0 bridgehead atoms. The van der Waals surface area contributed by atoms with Gasteiger partial charge in [0.1, 0.15) is 11.6 Å². The summed E-state index contributed by atoms with van der Waals surface area (Å²) in [5, 5.41) is 2.95. The molecule has 3 rings (SSSR count). The third-order valence-electron chi connectivity index (χ3n) is 4.27. The van der Waals surface area contributed by atoms with Crippen LogP contribution in [0.15, 0.2) is 54.7 Å². The van der Waals surface area contributed by atoms with Crippen molar-refractivity contribution in [1.29, 1.82) is 0 Å². The van der Waals surface area contributed by atoms with Gasteiger partial charge in [-0.15, -0.1) is 0 Å². The van der Waals surface area contributed by atoms with Crippen molar-refractivity contribution in [1.82, 2.24) is 15.3 Å². The Hall–Kier alpha value is -3.08. The predicted molar refractivity (Wildman–Crippen MR) is 107 cm³/mol. The number of H-pyrrole nitrogens is 1. The Morgan fingerprint density at radius 1 is 1.15 bits per heavy atom. The van der Waals surface area contributed by atoms with E-state index in [1.54, 1.807) is 7.11 Å². The van der Waals surface area contributed by atoms with Crippen molar-refractivity contribution in [3.8, 4) is 28.4 Å². The molecule has 0 aliphatic carbocycles. The normalized spacial score (nSPS) is 10.8. The van der Waals surface area contributed by atoms with Gasteiger partial charge in [0, 0.05) is 24.1 Å². The topological polar surface area (TPSA) is 67.0 Å². The van der Waals surface area contributed by atoms with E-state index in [1.807, 2.05) is 68.6 Å². The highest BCUT2D eigenvalue weighted by molar-refractivity contribution is 5.76. The van der Waals surface area contributed by atoms with E-state index in [2.05, 4.69) is 15.3 Å². The number of nitrogens with one attached hydrogen (secondary N) is 2. The first-order chi connectivity index (χ1) is 13.0. The minimum atomic E-state index is 0.0862. The highest BCUT2D eigenvalue weighted by Gasteiger charge is 2.08. The van der Waals surface area contributed by atoms with Crippen LogP contribution in [-0.4, -0.2) is 23.0 Å². The maximum Gasteiger partial charge on any atom is 0.220 e. The van der Waals surface area contributed by atoms with Gasteiger partial charge >= 0.3 is 0 Å². The molecule has 0 spiro atoms. The first-order valence-electron chi connectivity index (χ1n) is 9.10. The van der Waals surface area contributed by atoms with E-state index in [0.717, 1.165) is 34.0 Å². The second-order valence-electron chi connectivity index (χ2n) is 6.95. The zero-order valence-corrected chi connectivity index (χ0v) is 16.0. The Balaban J connectivity index is 1.67. The Bertz CT molecular complexity index is 898. The minimum Gasteiger partial charge on any atom is -0.497 e. The minimum absolute atomic E-state index is 0.0862. The Morgan fingerprint density at radius 2 is 1.93 bits per heavy atom. The molecule has 27 heavy (non-hydrogen) atoms. The molecule has 0 aliphatic rings. The molecule has 0 radical (unpaired) electrons. The lowest BCUT2D eigenvalue weighted by molar-refractivity contribution is -0.121. The second kappa shape index (κ2) is 8.54. The lowest BCUT2D eigenvalue weighted by Crippen LogP contribution is -2.23. The first kappa shape index (κ1) is 18.7. The van der Waals surface area contributed by atoms with E-state index in [0.29, 0.717) is 18.9 Å². The average molecular weight is 363 g/mol. The fourth-order valence-electron chi connectivity index (χ4n) is 2.83. The summed E-state index contributed by atoms with van der Waals surface area (Å²) in [5.41, 5.74) is 4.03. The Labute approximate surface area is 159 Å². The van der Waals surface area contributed by atoms with Gasteiger partial charge in [-0.05, 0) is 23.6 Å². The largest absolute Gasteiger partial charge is 0.497 e. The van der Waals surface area contributed by atoms with Gasteiger partial charge in [0.2, 0.25) is 5.91 Å². The third-order valence-corrected chi connectivity index (χ3v) is 4.27. The smallest absolute Gasteiger partial charge is 0.220 e. The number of hydrogen-bond donors (Lipinski definition) is 2. The predicted octanol–water partition coefficient (Wildman–Crippen LogP) is 4.41. The number of hydrogen-bond acceptors (Lipinski definition) is 3. The number of aromatic nitrogens is 2. The van der Waals surface area contributed by atoms with E-state index >= 15 is 0 Å². The van der Waals surface area contributed by atoms with Crippen molar-refractivity contribution in [3.63, 3.8) is 0 Å². The zero-order chi connectivity index (χ0) is 19.2. The molecule has 2 aromatic carbocycles. The number of ether oxygens (including phenoxy) is 1. The van der Waals surface area contributed by atoms with E-state index in [-0.39, 0.29) is 5.91 Å². The van der Waals surface area contributed by atoms with Gasteiger partial charge in [0.15, 0.2) is 0 Å². The first-order valence-corrected chi connectivity index (χ1v) is 9.10. The average Bonchev–Trinajstić information content (AvgIpc) is 3.16. The zero-order valence-electron chi connectivity index (χ0n) is 16.0. The van der Waals surface area contributed by atoms with E-state index in [4.69, 9.17) is 4.74 Å². The molecule has 0 fully saturated rings. The lowest BCUT2D eigenvalue weighted by Gasteiger charge is -2.07. The summed E-state index contributed by atoms with van der Waals surface area (Å²) < 4.78 is 5.28. The molecule has 2 N–H and O–H groups in total. The molecule has 1 aromatic heterocycles. The number of carbonyl (C=O) groups is 1. The van der Waals surface area contributed by atoms with Crippen LogP contribution >= 0.6 is 0 Å². The molecule has 5 heteroatoms. The number of rotatable bonds is 7. The molecule has 0 saturated carbocycles. The van der Waals surface area contributed by atoms with Gasteiger partial charge in [-0.25, -0.2) is 4.98 Å². The standard InChI is InChI=1S/C22H25N3O2/c1-15(2)11-21(26)23-13-16-7-9-17(10-8-16)22-24-14-20(25-22)18-5-4-6-19(12-18)27-3/h4-10,12,14-15H,11,13H2,1-3H3,(H,23,26)(H,24,25). The highest BCUT2D eigenvalue weighted by atomic mass is 16.5. The molecular formula is C22H25N3O2. The molecule has 0 saturated heterocycles. The molecule has 0 aliphatic heterocycles. The number of methoxy groups -OCH3 is 1. The van der Waals surface area contributed by atoms with Crippen LogP contribution in [0.3, 0.4) is 0 Å². The summed E-state index contributed by atoms with van der Waals surface area (Å²) in [4.78, 5) is 19.6. The molecule has 1 amide bonds. The van der Waals surface area contributed by atoms with Crippen molar-refractivity contribution < 1.29 is 9.53 Å². The van der Waals surface area contributed by atoms with Crippen LogP contribution in [0.5, 0.6) is 5.75 Å². The van der Waals surface area contributed by atoms with Gasteiger partial charge in [-0.1, -0.05) is 50.2 Å². The Kier molecular flexibility index (Phi) is 5.91. The third kappa shape index (κ3) is 4.97. The van der Waals surface area contributed by atoms with Crippen LogP contribution in [0.25, 0.3) is 22.6 Å². The fourth-order valence-corrected chi connectivity index (χ4v) is 2.83. The second-order valence-corrected chi connectivity index (χ2v) is 6.95. The van der Waals surface area contributed by atoms with Gasteiger partial charge in [0.05, 0.1) is 19.0 Å². The van der Waals surface area contributed by atoms with Crippen molar-refractivity contribution >= 4 is 5.91 Å². The van der Waals surface area contributed by atoms with E-state index in [9.17, 15) is 4.79 Å². The summed E-state index contributed by atoms with van der Waals surface area (Å²) in [6.45, 7) is 4.62. The molecule has 0 atom stereocenters. The van der Waals surface area contributed by atoms with Crippen LogP contribution in [0.4, 0.5) is 0 Å². The maximum absolute atomic E-state index is 11.8. The fraction of sp³-hybridized carbons (Fsp3) is 0.273. The number of carbonyl (C=O) groups excluding carboxylic acids is 1. The van der Waals surface area contributed by atoms with Crippen molar-refractivity contribution in [2.45, 2.75) is 26.8 Å². The number of nitrogens with zero attached hydrogens (tertiary/aromatic N) is 1. The Morgan fingerprint density at radius 3 is 2.63 bits per heavy atom. The van der Waals surface area contributed by atoms with E-state index < -0.39 is 0 Å². The van der Waals surface area contributed by atoms with Crippen molar-refractivity contribution in [3.05, 3.63) is 60.3 Å². The van der Waals surface area contributed by atoms with E-state index in [1.165, 1.54) is 0 Å². The SMILES string of the molecule is COc1cccc(-c2cnc(-c3ccc(CNC(=O)CC(C)C)cc3)[nH]2)c1. The summed E-state index contributed by atoms with van der Waals surface area (Å²) in [6, 6.07) is 15.9. The molecule has 1 heterocycles. The van der Waals surface area contributed by atoms with Crippen LogP contribution in [-0.2, 0) is 11.3 Å². The van der Waals surface area contributed by atoms with Crippen LogP contribution in [0.2, 0.25) is 0 Å². The van der Waals surface area contributed by atoms with Crippen LogP contribution < -0.4 is 10.1 Å². The van der Waals surface area contributed by atoms with Crippen molar-refractivity contribution in [2.24, 2.45) is 5.92 Å². The van der Waals surface area contributed by atoms with Gasteiger partial charge in [-0.2, -0.15) is 0 Å². The number of benzene rings is 2. The van der Waals surface area contributed by atoms with Crippen LogP contribution in [0.1, 0.15) is 25.8 Å². The summed E-state index contributed by atoms with van der Waals surface area (Å²) >= 11 is 0. The summed E-state index contributed by atoms with van der Waals surface area (Å²) in [5.74, 6) is 2.07. The van der Waals surface area contributed by atoms with Crippen molar-refractivity contribution in [2.75, 3.05) is 7.11 Å². The highest BCUT2D eigenvalue weighted by Crippen LogP contribution is 2.25. The molecule has 140 valence electrons. The summed E-state index contributed by atoms with van der Waals surface area (Å²) in [7, 11) is 1.66. The molecule has 5 nitrogen and oxygen atoms in total. The van der Waals surface area contributed by atoms with Gasteiger partial charge < -0.3 is 15.0 Å². The quantitative estimate of drug-likeness (QED) is 0.653. The monoisotopic (exact) mass is 363 g/mol. The number of amides is 1. The lowest BCUT2D eigenvalue weighted by atomic mass is 10.1. The van der Waals surface area contributed by atoms with Gasteiger partial charge in [0.25, 0.3) is 0 Å². The molecule has 0 unspecified atom stereocenters. The maximum atomic E-state index is 11.8. The number of imidazole rings is 1. The summed E-state index contributed by atoms with van der Waals surface area (Å²) in [6.07, 6.45) is 2.38. The van der Waals surface area contributed by atoms with Crippen LogP contribution in [0, 0.1) is 5.92 Å².